The molecule has 0 atom stereocenters. The number of nitrogens with one attached hydrogen (secondary N) is 1. The van der Waals surface area contributed by atoms with Gasteiger partial charge in [0, 0.05) is 28.4 Å². The number of anilines is 2. The summed E-state index contributed by atoms with van der Waals surface area (Å²) < 4.78 is 0. The Bertz CT molecular complexity index is 788. The number of pyridine rings is 1. The zero-order chi connectivity index (χ0) is 17.0. The largest absolute Gasteiger partial charge is 0.331 e. The summed E-state index contributed by atoms with van der Waals surface area (Å²) >= 11 is 1.66. The van der Waals surface area contributed by atoms with Crippen LogP contribution in [-0.2, 0) is 18.3 Å². The molecular formula is C20H23N3S. The Kier molecular flexibility index (Phi) is 4.95. The van der Waals surface area contributed by atoms with E-state index in [1.807, 2.05) is 18.3 Å². The molecule has 0 amide bonds. The maximum atomic E-state index is 4.73. The summed E-state index contributed by atoms with van der Waals surface area (Å²) in [6.45, 7) is 6.56. The lowest BCUT2D eigenvalue weighted by atomic mass is 9.93. The van der Waals surface area contributed by atoms with Gasteiger partial charge in [0.25, 0.3) is 0 Å². The molecule has 24 heavy (non-hydrogen) atoms. The Morgan fingerprint density at radius 2 is 1.79 bits per heavy atom. The Balaban J connectivity index is 1.73. The van der Waals surface area contributed by atoms with Crippen LogP contribution < -0.4 is 5.32 Å². The van der Waals surface area contributed by atoms with Crippen LogP contribution >= 0.6 is 11.3 Å². The number of rotatable bonds is 5. The SMILES string of the molecule is CC(C)(C)c1csc(Nc2ccccc2CCc2ccccn2)n1. The third-order valence-electron chi connectivity index (χ3n) is 3.91. The maximum Gasteiger partial charge on any atom is 0.187 e. The molecule has 4 heteroatoms. The molecule has 0 unspecified atom stereocenters. The van der Waals surface area contributed by atoms with Crippen LogP contribution in [0, 0.1) is 0 Å². The molecule has 0 radical (unpaired) electrons. The standard InChI is InChI=1S/C20H23N3S/c1-20(2,3)18-14-24-19(23-18)22-17-10-5-4-8-15(17)11-12-16-9-6-7-13-21-16/h4-10,13-14H,11-12H2,1-3H3,(H,22,23). The highest BCUT2D eigenvalue weighted by Crippen LogP contribution is 2.29. The molecule has 2 aromatic heterocycles. The molecule has 0 aliphatic heterocycles. The summed E-state index contributed by atoms with van der Waals surface area (Å²) in [7, 11) is 0. The molecule has 0 bridgehead atoms. The molecule has 1 N–H and O–H groups in total. The first kappa shape index (κ1) is 16.7. The number of thiazole rings is 1. The van der Waals surface area contributed by atoms with Gasteiger partial charge in [-0.05, 0) is 36.6 Å². The molecule has 124 valence electrons. The van der Waals surface area contributed by atoms with Crippen LogP contribution in [0.3, 0.4) is 0 Å². The topological polar surface area (TPSA) is 37.8 Å². The summed E-state index contributed by atoms with van der Waals surface area (Å²) in [5, 5.41) is 6.58. The van der Waals surface area contributed by atoms with Gasteiger partial charge in [0.05, 0.1) is 5.69 Å². The fourth-order valence-electron chi connectivity index (χ4n) is 2.46. The van der Waals surface area contributed by atoms with E-state index >= 15 is 0 Å². The monoisotopic (exact) mass is 337 g/mol. The van der Waals surface area contributed by atoms with E-state index in [2.05, 4.69) is 66.8 Å². The normalized spacial score (nSPS) is 11.5. The van der Waals surface area contributed by atoms with Crippen molar-refractivity contribution in [1.29, 1.82) is 0 Å². The van der Waals surface area contributed by atoms with E-state index in [4.69, 9.17) is 4.98 Å². The van der Waals surface area contributed by atoms with Gasteiger partial charge in [-0.15, -0.1) is 11.3 Å². The summed E-state index contributed by atoms with van der Waals surface area (Å²) in [6, 6.07) is 14.5. The fourth-order valence-corrected chi connectivity index (χ4v) is 3.41. The minimum absolute atomic E-state index is 0.0783. The first-order valence-corrected chi connectivity index (χ1v) is 9.11. The van der Waals surface area contributed by atoms with Crippen LogP contribution in [0.15, 0.2) is 54.0 Å². The predicted molar refractivity (Wildman–Crippen MR) is 102 cm³/mol. The third-order valence-corrected chi connectivity index (χ3v) is 4.67. The van der Waals surface area contributed by atoms with Gasteiger partial charge >= 0.3 is 0 Å². The Morgan fingerprint density at radius 1 is 1.00 bits per heavy atom. The van der Waals surface area contributed by atoms with E-state index in [1.165, 1.54) is 5.56 Å². The van der Waals surface area contributed by atoms with Crippen molar-refractivity contribution in [2.45, 2.75) is 39.0 Å². The van der Waals surface area contributed by atoms with Crippen molar-refractivity contribution >= 4 is 22.2 Å². The number of hydrogen-bond acceptors (Lipinski definition) is 4. The van der Waals surface area contributed by atoms with E-state index in [0.717, 1.165) is 35.0 Å². The molecule has 0 saturated carbocycles. The zero-order valence-corrected chi connectivity index (χ0v) is 15.2. The average molecular weight is 337 g/mol. The highest BCUT2D eigenvalue weighted by atomic mass is 32.1. The van der Waals surface area contributed by atoms with E-state index < -0.39 is 0 Å². The van der Waals surface area contributed by atoms with E-state index in [-0.39, 0.29) is 5.41 Å². The highest BCUT2D eigenvalue weighted by molar-refractivity contribution is 7.13. The van der Waals surface area contributed by atoms with Gasteiger partial charge in [-0.25, -0.2) is 4.98 Å². The Morgan fingerprint density at radius 3 is 2.50 bits per heavy atom. The number of hydrogen-bond donors (Lipinski definition) is 1. The van der Waals surface area contributed by atoms with Crippen LogP contribution in [0.5, 0.6) is 0 Å². The molecule has 0 spiro atoms. The van der Waals surface area contributed by atoms with Crippen LogP contribution in [0.4, 0.5) is 10.8 Å². The first-order chi connectivity index (χ1) is 11.5. The number of benzene rings is 1. The Hall–Kier alpha value is -2.20. The van der Waals surface area contributed by atoms with Crippen LogP contribution in [-0.4, -0.2) is 9.97 Å². The molecule has 0 fully saturated rings. The molecule has 3 aromatic rings. The van der Waals surface area contributed by atoms with Crippen LogP contribution in [0.25, 0.3) is 0 Å². The summed E-state index contributed by atoms with van der Waals surface area (Å²) in [6.07, 6.45) is 3.74. The van der Waals surface area contributed by atoms with Gasteiger partial charge in [0.2, 0.25) is 0 Å². The fraction of sp³-hybridized carbons (Fsp3) is 0.300. The van der Waals surface area contributed by atoms with Gasteiger partial charge in [0.15, 0.2) is 5.13 Å². The molecule has 0 aliphatic carbocycles. The molecule has 3 rings (SSSR count). The highest BCUT2D eigenvalue weighted by Gasteiger charge is 2.17. The van der Waals surface area contributed by atoms with Crippen molar-refractivity contribution in [2.24, 2.45) is 0 Å². The summed E-state index contributed by atoms with van der Waals surface area (Å²) in [5.41, 5.74) is 4.74. The zero-order valence-electron chi connectivity index (χ0n) is 14.4. The number of nitrogens with zero attached hydrogens (tertiary/aromatic N) is 2. The van der Waals surface area contributed by atoms with Crippen molar-refractivity contribution in [3.63, 3.8) is 0 Å². The number of para-hydroxylation sites is 1. The van der Waals surface area contributed by atoms with E-state index in [0.29, 0.717) is 0 Å². The molecule has 3 nitrogen and oxygen atoms in total. The smallest absolute Gasteiger partial charge is 0.187 e. The van der Waals surface area contributed by atoms with Crippen molar-refractivity contribution in [2.75, 3.05) is 5.32 Å². The molecule has 0 aliphatic rings. The molecule has 2 heterocycles. The van der Waals surface area contributed by atoms with Gasteiger partial charge in [-0.3, -0.25) is 4.98 Å². The second-order valence-electron chi connectivity index (χ2n) is 6.89. The summed E-state index contributed by atoms with van der Waals surface area (Å²) in [4.78, 5) is 9.14. The lowest BCUT2D eigenvalue weighted by molar-refractivity contribution is 0.573. The average Bonchev–Trinajstić information content (AvgIpc) is 3.04. The second-order valence-corrected chi connectivity index (χ2v) is 7.75. The van der Waals surface area contributed by atoms with Gasteiger partial charge < -0.3 is 5.32 Å². The lowest BCUT2D eigenvalue weighted by Crippen LogP contribution is -2.11. The summed E-state index contributed by atoms with van der Waals surface area (Å²) in [5.74, 6) is 0. The van der Waals surface area contributed by atoms with Crippen LogP contribution in [0.2, 0.25) is 0 Å². The van der Waals surface area contributed by atoms with E-state index in [1.54, 1.807) is 11.3 Å². The van der Waals surface area contributed by atoms with Crippen molar-refractivity contribution < 1.29 is 0 Å². The number of aryl methyl sites for hydroxylation is 2. The molecule has 1 aromatic carbocycles. The van der Waals surface area contributed by atoms with Crippen molar-refractivity contribution in [3.8, 4) is 0 Å². The number of aromatic nitrogens is 2. The van der Waals surface area contributed by atoms with Crippen molar-refractivity contribution in [1.82, 2.24) is 9.97 Å². The van der Waals surface area contributed by atoms with Gasteiger partial charge in [0.1, 0.15) is 0 Å². The maximum absolute atomic E-state index is 4.73. The second kappa shape index (κ2) is 7.14. The minimum atomic E-state index is 0.0783. The van der Waals surface area contributed by atoms with Gasteiger partial charge in [-0.1, -0.05) is 45.0 Å². The molecular weight excluding hydrogens is 314 g/mol. The van der Waals surface area contributed by atoms with E-state index in [9.17, 15) is 0 Å². The molecule has 0 saturated heterocycles. The predicted octanol–water partition coefficient (Wildman–Crippen LogP) is 5.36. The van der Waals surface area contributed by atoms with Crippen LogP contribution in [0.1, 0.15) is 37.7 Å². The first-order valence-electron chi connectivity index (χ1n) is 8.23. The quantitative estimate of drug-likeness (QED) is 0.680. The third kappa shape index (κ3) is 4.20. The minimum Gasteiger partial charge on any atom is -0.331 e. The Labute approximate surface area is 147 Å². The van der Waals surface area contributed by atoms with Gasteiger partial charge in [-0.2, -0.15) is 0 Å². The van der Waals surface area contributed by atoms with Crippen molar-refractivity contribution in [3.05, 3.63) is 71.0 Å². The lowest BCUT2D eigenvalue weighted by Gasteiger charge is -2.14.